The monoisotopic (exact) mass is 430 g/mol. The smallest absolute Gasteiger partial charge is 0.253 e. The maximum Gasteiger partial charge on any atom is 0.253 e. The van der Waals surface area contributed by atoms with Gasteiger partial charge in [-0.05, 0) is 48.0 Å². The Labute approximate surface area is 187 Å². The number of carbonyl (C=O) groups excluding carboxylic acids is 3. The molecular formula is C25H26N4O3. The minimum atomic E-state index is -0.227. The van der Waals surface area contributed by atoms with E-state index in [0.717, 1.165) is 5.56 Å². The zero-order valence-electron chi connectivity index (χ0n) is 18.1. The van der Waals surface area contributed by atoms with Crippen molar-refractivity contribution in [2.45, 2.75) is 13.5 Å². The van der Waals surface area contributed by atoms with Crippen LogP contribution in [-0.4, -0.2) is 36.2 Å². The minimum Gasteiger partial charge on any atom is -0.376 e. The lowest BCUT2D eigenvalue weighted by Crippen LogP contribution is -2.26. The number of amides is 3. The minimum absolute atomic E-state index is 0.0466. The van der Waals surface area contributed by atoms with E-state index in [1.165, 1.54) is 6.92 Å². The normalized spacial score (nSPS) is 10.2. The van der Waals surface area contributed by atoms with E-state index in [2.05, 4.69) is 16.0 Å². The van der Waals surface area contributed by atoms with Crippen molar-refractivity contribution in [1.82, 2.24) is 4.90 Å². The standard InChI is InChI=1S/C25H26N4O3/c1-18(30)27-21-11-13-22(14-12-21)28-24(31)16-26-23-10-6-9-20(15-23)25(32)29(2)17-19-7-4-3-5-8-19/h3-15,26H,16-17H2,1-2H3,(H,27,30)(H,28,31). The van der Waals surface area contributed by atoms with Gasteiger partial charge >= 0.3 is 0 Å². The van der Waals surface area contributed by atoms with Gasteiger partial charge in [-0.15, -0.1) is 0 Å². The van der Waals surface area contributed by atoms with Crippen molar-refractivity contribution >= 4 is 34.8 Å². The Morgan fingerprint density at radius 1 is 0.781 bits per heavy atom. The van der Waals surface area contributed by atoms with Crippen LogP contribution in [0.3, 0.4) is 0 Å². The second-order valence-electron chi connectivity index (χ2n) is 7.39. The number of hydrogen-bond acceptors (Lipinski definition) is 4. The van der Waals surface area contributed by atoms with Crippen LogP contribution in [-0.2, 0) is 16.1 Å². The van der Waals surface area contributed by atoms with E-state index in [4.69, 9.17) is 0 Å². The maximum atomic E-state index is 12.8. The molecule has 0 heterocycles. The molecule has 3 N–H and O–H groups in total. The number of hydrogen-bond donors (Lipinski definition) is 3. The summed E-state index contributed by atoms with van der Waals surface area (Å²) in [4.78, 5) is 37.8. The number of benzene rings is 3. The van der Waals surface area contributed by atoms with E-state index in [9.17, 15) is 14.4 Å². The lowest BCUT2D eigenvalue weighted by atomic mass is 10.1. The van der Waals surface area contributed by atoms with E-state index in [1.807, 2.05) is 36.4 Å². The molecule has 0 saturated carbocycles. The first-order valence-electron chi connectivity index (χ1n) is 10.2. The number of anilines is 3. The lowest BCUT2D eigenvalue weighted by molar-refractivity contribution is -0.115. The van der Waals surface area contributed by atoms with Gasteiger partial charge in [-0.2, -0.15) is 0 Å². The van der Waals surface area contributed by atoms with Gasteiger partial charge in [0.15, 0.2) is 0 Å². The van der Waals surface area contributed by atoms with Gasteiger partial charge in [0.1, 0.15) is 0 Å². The van der Waals surface area contributed by atoms with Crippen LogP contribution in [0.25, 0.3) is 0 Å². The fourth-order valence-corrected chi connectivity index (χ4v) is 3.14. The number of nitrogens with zero attached hydrogens (tertiary/aromatic N) is 1. The fourth-order valence-electron chi connectivity index (χ4n) is 3.14. The third-order valence-corrected chi connectivity index (χ3v) is 4.66. The van der Waals surface area contributed by atoms with Crippen LogP contribution in [0, 0.1) is 0 Å². The summed E-state index contributed by atoms with van der Waals surface area (Å²) in [6.45, 7) is 2.00. The Kier molecular flexibility index (Phi) is 7.59. The molecule has 0 saturated heterocycles. The molecule has 0 spiro atoms. The van der Waals surface area contributed by atoms with Crippen LogP contribution in [0.1, 0.15) is 22.8 Å². The Morgan fingerprint density at radius 3 is 2.09 bits per heavy atom. The maximum absolute atomic E-state index is 12.8. The fraction of sp³-hybridized carbons (Fsp3) is 0.160. The van der Waals surface area contributed by atoms with Crippen LogP contribution in [0.2, 0.25) is 0 Å². The van der Waals surface area contributed by atoms with E-state index in [0.29, 0.717) is 29.2 Å². The molecule has 32 heavy (non-hydrogen) atoms. The molecule has 0 radical (unpaired) electrons. The first-order chi connectivity index (χ1) is 15.4. The van der Waals surface area contributed by atoms with Gasteiger partial charge in [-0.1, -0.05) is 36.4 Å². The first kappa shape index (κ1) is 22.6. The Morgan fingerprint density at radius 2 is 1.44 bits per heavy atom. The number of carbonyl (C=O) groups is 3. The Balaban J connectivity index is 1.53. The summed E-state index contributed by atoms with van der Waals surface area (Å²) in [6.07, 6.45) is 0. The average Bonchev–Trinajstić information content (AvgIpc) is 2.79. The summed E-state index contributed by atoms with van der Waals surface area (Å²) in [5, 5.41) is 8.51. The van der Waals surface area contributed by atoms with Gasteiger partial charge in [-0.25, -0.2) is 0 Å². The van der Waals surface area contributed by atoms with Gasteiger partial charge in [0, 0.05) is 43.1 Å². The summed E-state index contributed by atoms with van der Waals surface area (Å²) in [7, 11) is 1.76. The van der Waals surface area contributed by atoms with Crippen LogP contribution in [0.5, 0.6) is 0 Å². The highest BCUT2D eigenvalue weighted by molar-refractivity contribution is 5.96. The van der Waals surface area contributed by atoms with Crippen LogP contribution >= 0.6 is 0 Å². The molecule has 0 fully saturated rings. The molecule has 0 atom stereocenters. The molecule has 7 nitrogen and oxygen atoms in total. The van der Waals surface area contributed by atoms with E-state index < -0.39 is 0 Å². The van der Waals surface area contributed by atoms with Crippen LogP contribution in [0.4, 0.5) is 17.1 Å². The van der Waals surface area contributed by atoms with E-state index in [1.54, 1.807) is 54.4 Å². The lowest BCUT2D eigenvalue weighted by Gasteiger charge is -2.18. The highest BCUT2D eigenvalue weighted by Gasteiger charge is 2.13. The molecule has 3 rings (SSSR count). The van der Waals surface area contributed by atoms with Crippen molar-refractivity contribution in [3.05, 3.63) is 90.0 Å². The van der Waals surface area contributed by atoms with E-state index in [-0.39, 0.29) is 24.3 Å². The molecule has 0 aliphatic rings. The molecule has 3 aromatic rings. The number of nitrogens with one attached hydrogen (secondary N) is 3. The Hall–Kier alpha value is -4.13. The van der Waals surface area contributed by atoms with Crippen molar-refractivity contribution < 1.29 is 14.4 Å². The summed E-state index contributed by atoms with van der Waals surface area (Å²) in [5.41, 5.74) is 3.56. The molecule has 3 aromatic carbocycles. The molecule has 164 valence electrons. The molecule has 0 aromatic heterocycles. The third-order valence-electron chi connectivity index (χ3n) is 4.66. The summed E-state index contributed by atoms with van der Waals surface area (Å²) >= 11 is 0. The van der Waals surface area contributed by atoms with Crippen molar-refractivity contribution in [3.63, 3.8) is 0 Å². The van der Waals surface area contributed by atoms with Gasteiger partial charge in [0.2, 0.25) is 11.8 Å². The molecule has 0 unspecified atom stereocenters. The molecule has 0 bridgehead atoms. The van der Waals surface area contributed by atoms with Gasteiger partial charge in [0.25, 0.3) is 5.91 Å². The predicted molar refractivity (Wildman–Crippen MR) is 127 cm³/mol. The molecule has 0 aliphatic heterocycles. The predicted octanol–water partition coefficient (Wildman–Crippen LogP) is 3.97. The molecule has 7 heteroatoms. The quantitative estimate of drug-likeness (QED) is 0.504. The summed E-state index contributed by atoms with van der Waals surface area (Å²) < 4.78 is 0. The zero-order chi connectivity index (χ0) is 22.9. The van der Waals surface area contributed by atoms with Gasteiger partial charge < -0.3 is 20.9 Å². The Bertz CT molecular complexity index is 1080. The third kappa shape index (κ3) is 6.70. The second kappa shape index (κ2) is 10.8. The first-order valence-corrected chi connectivity index (χ1v) is 10.2. The second-order valence-corrected chi connectivity index (χ2v) is 7.39. The highest BCUT2D eigenvalue weighted by atomic mass is 16.2. The highest BCUT2D eigenvalue weighted by Crippen LogP contribution is 2.15. The van der Waals surface area contributed by atoms with Crippen LogP contribution < -0.4 is 16.0 Å². The van der Waals surface area contributed by atoms with Crippen molar-refractivity contribution in [1.29, 1.82) is 0 Å². The molecule has 3 amide bonds. The summed E-state index contributed by atoms with van der Waals surface area (Å²) in [5.74, 6) is -0.477. The number of rotatable bonds is 8. The van der Waals surface area contributed by atoms with Gasteiger partial charge in [0.05, 0.1) is 6.54 Å². The average molecular weight is 431 g/mol. The largest absolute Gasteiger partial charge is 0.376 e. The van der Waals surface area contributed by atoms with Crippen LogP contribution in [0.15, 0.2) is 78.9 Å². The van der Waals surface area contributed by atoms with Crippen molar-refractivity contribution in [3.8, 4) is 0 Å². The van der Waals surface area contributed by atoms with E-state index >= 15 is 0 Å². The SMILES string of the molecule is CC(=O)Nc1ccc(NC(=O)CNc2cccc(C(=O)N(C)Cc3ccccc3)c2)cc1. The summed E-state index contributed by atoms with van der Waals surface area (Å²) in [6, 6.07) is 23.7. The van der Waals surface area contributed by atoms with Gasteiger partial charge in [-0.3, -0.25) is 14.4 Å². The zero-order valence-corrected chi connectivity index (χ0v) is 18.1. The molecular weight excluding hydrogens is 404 g/mol. The van der Waals surface area contributed by atoms with Crippen molar-refractivity contribution in [2.24, 2.45) is 0 Å². The molecule has 0 aliphatic carbocycles. The van der Waals surface area contributed by atoms with Crippen molar-refractivity contribution in [2.75, 3.05) is 29.5 Å². The topological polar surface area (TPSA) is 90.5 Å².